The lowest BCUT2D eigenvalue weighted by atomic mass is 10.1. The Kier molecular flexibility index (Phi) is 8.18. The van der Waals surface area contributed by atoms with Crippen LogP contribution in [0.2, 0.25) is 5.02 Å². The van der Waals surface area contributed by atoms with E-state index in [4.69, 9.17) is 16.3 Å². The molecular weight excluding hydrogens is 564 g/mol. The highest BCUT2D eigenvalue weighted by Crippen LogP contribution is 2.34. The predicted molar refractivity (Wildman–Crippen MR) is 147 cm³/mol. The van der Waals surface area contributed by atoms with Crippen molar-refractivity contribution in [1.82, 2.24) is 4.90 Å². The van der Waals surface area contributed by atoms with Crippen molar-refractivity contribution in [2.45, 2.75) is 20.5 Å². The van der Waals surface area contributed by atoms with Crippen molar-refractivity contribution in [3.63, 3.8) is 0 Å². The van der Waals surface area contributed by atoms with Crippen molar-refractivity contribution in [3.8, 4) is 5.75 Å². The molecule has 1 aliphatic heterocycles. The van der Waals surface area contributed by atoms with Crippen molar-refractivity contribution in [2.24, 2.45) is 0 Å². The van der Waals surface area contributed by atoms with Crippen molar-refractivity contribution in [3.05, 3.63) is 97.3 Å². The number of hydrogen-bond donors (Lipinski definition) is 1. The maximum absolute atomic E-state index is 12.9. The number of thioether (sulfide) groups is 1. The second kappa shape index (κ2) is 11.3. The molecule has 0 aromatic heterocycles. The van der Waals surface area contributed by atoms with Gasteiger partial charge in [-0.25, -0.2) is 0 Å². The van der Waals surface area contributed by atoms with E-state index in [1.807, 2.05) is 50.2 Å². The van der Waals surface area contributed by atoms with E-state index in [0.29, 0.717) is 33.1 Å². The SMILES string of the molecule is Cc1cccc(C)c1NC(=O)CN1C(=O)S/C(=C/c2ccc(OCc3ccccc3Cl)c(Br)c2)C1=O. The molecule has 0 bridgehead atoms. The third-order valence-corrected chi connectivity index (χ3v) is 7.41. The molecule has 36 heavy (non-hydrogen) atoms. The highest BCUT2D eigenvalue weighted by Gasteiger charge is 2.36. The number of carbonyl (C=O) groups excluding carboxylic acids is 3. The summed E-state index contributed by atoms with van der Waals surface area (Å²) in [7, 11) is 0. The summed E-state index contributed by atoms with van der Waals surface area (Å²) < 4.78 is 6.55. The van der Waals surface area contributed by atoms with Gasteiger partial charge in [0, 0.05) is 16.3 Å². The molecule has 1 fully saturated rings. The first kappa shape index (κ1) is 26.0. The summed E-state index contributed by atoms with van der Waals surface area (Å²) in [5.74, 6) is -0.320. The fraction of sp³-hybridized carbons (Fsp3) is 0.148. The van der Waals surface area contributed by atoms with Crippen LogP contribution in [0.5, 0.6) is 5.75 Å². The number of benzene rings is 3. The average Bonchev–Trinajstić information content (AvgIpc) is 3.09. The number of nitrogens with one attached hydrogen (secondary N) is 1. The zero-order chi connectivity index (χ0) is 25.8. The lowest BCUT2D eigenvalue weighted by Gasteiger charge is -2.15. The fourth-order valence-corrected chi connectivity index (χ4v) is 5.16. The van der Waals surface area contributed by atoms with Crippen LogP contribution >= 0.6 is 39.3 Å². The van der Waals surface area contributed by atoms with Gasteiger partial charge in [0.25, 0.3) is 11.1 Å². The van der Waals surface area contributed by atoms with Gasteiger partial charge in [-0.1, -0.05) is 54.1 Å². The summed E-state index contributed by atoms with van der Waals surface area (Å²) >= 11 is 10.5. The number of halogens is 2. The normalized spacial score (nSPS) is 14.4. The summed E-state index contributed by atoms with van der Waals surface area (Å²) in [6.45, 7) is 3.72. The van der Waals surface area contributed by atoms with E-state index in [-0.39, 0.29) is 11.4 Å². The number of anilines is 1. The Morgan fingerprint density at radius 3 is 2.50 bits per heavy atom. The number of carbonyl (C=O) groups is 3. The van der Waals surface area contributed by atoms with Crippen molar-refractivity contribution in [2.75, 3.05) is 11.9 Å². The molecule has 1 saturated heterocycles. The molecule has 3 aromatic rings. The molecule has 9 heteroatoms. The first-order valence-electron chi connectivity index (χ1n) is 11.0. The summed E-state index contributed by atoms with van der Waals surface area (Å²) in [4.78, 5) is 39.1. The zero-order valence-corrected chi connectivity index (χ0v) is 22.7. The van der Waals surface area contributed by atoms with Gasteiger partial charge < -0.3 is 10.1 Å². The maximum Gasteiger partial charge on any atom is 0.294 e. The quantitative estimate of drug-likeness (QED) is 0.303. The molecule has 184 valence electrons. The van der Waals surface area contributed by atoms with Gasteiger partial charge in [0.2, 0.25) is 5.91 Å². The summed E-state index contributed by atoms with van der Waals surface area (Å²) in [5, 5.41) is 2.95. The number of imide groups is 1. The molecule has 0 saturated carbocycles. The van der Waals surface area contributed by atoms with E-state index in [2.05, 4.69) is 21.2 Å². The molecule has 1 N–H and O–H groups in total. The van der Waals surface area contributed by atoms with Crippen LogP contribution in [0.3, 0.4) is 0 Å². The molecule has 0 radical (unpaired) electrons. The highest BCUT2D eigenvalue weighted by atomic mass is 79.9. The number of aryl methyl sites for hydroxylation is 2. The molecule has 6 nitrogen and oxygen atoms in total. The summed E-state index contributed by atoms with van der Waals surface area (Å²) in [6, 6.07) is 18.5. The largest absolute Gasteiger partial charge is 0.488 e. The highest BCUT2D eigenvalue weighted by molar-refractivity contribution is 9.10. The van der Waals surface area contributed by atoms with Gasteiger partial charge in [0.1, 0.15) is 18.9 Å². The molecule has 0 atom stereocenters. The van der Waals surface area contributed by atoms with Gasteiger partial charge in [0.15, 0.2) is 0 Å². The lowest BCUT2D eigenvalue weighted by molar-refractivity contribution is -0.127. The zero-order valence-electron chi connectivity index (χ0n) is 19.5. The van der Waals surface area contributed by atoms with Crippen LogP contribution in [-0.4, -0.2) is 28.5 Å². The molecule has 0 aliphatic carbocycles. The Balaban J connectivity index is 1.42. The van der Waals surface area contributed by atoms with Crippen LogP contribution in [0.25, 0.3) is 6.08 Å². The minimum absolute atomic E-state index is 0.247. The van der Waals surface area contributed by atoms with Crippen molar-refractivity contribution in [1.29, 1.82) is 0 Å². The van der Waals surface area contributed by atoms with Crippen LogP contribution in [0.15, 0.2) is 70.0 Å². The Morgan fingerprint density at radius 2 is 1.81 bits per heavy atom. The molecule has 3 amide bonds. The number of hydrogen-bond acceptors (Lipinski definition) is 5. The Morgan fingerprint density at radius 1 is 1.08 bits per heavy atom. The van der Waals surface area contributed by atoms with Gasteiger partial charge >= 0.3 is 0 Å². The third kappa shape index (κ3) is 6.00. The van der Waals surface area contributed by atoms with Gasteiger partial charge in [0.05, 0.1) is 9.38 Å². The predicted octanol–water partition coefficient (Wildman–Crippen LogP) is 6.97. The van der Waals surface area contributed by atoms with Crippen molar-refractivity contribution < 1.29 is 19.1 Å². The lowest BCUT2D eigenvalue weighted by Crippen LogP contribution is -2.36. The Labute approximate surface area is 226 Å². The minimum atomic E-state index is -0.503. The Hall–Kier alpha value is -3.07. The monoisotopic (exact) mass is 584 g/mol. The molecule has 3 aromatic carbocycles. The van der Waals surface area contributed by atoms with E-state index in [1.54, 1.807) is 30.3 Å². The van der Waals surface area contributed by atoms with E-state index in [1.165, 1.54) is 0 Å². The molecule has 1 aliphatic rings. The van der Waals surface area contributed by atoms with Crippen LogP contribution < -0.4 is 10.1 Å². The molecule has 1 heterocycles. The fourth-order valence-electron chi connectivity index (χ4n) is 3.62. The standard InChI is InChI=1S/C27H22BrClN2O4S/c1-16-6-5-7-17(2)25(16)30-24(32)14-31-26(33)23(36-27(31)34)13-18-10-11-22(20(28)12-18)35-15-19-8-3-4-9-21(19)29/h3-13H,14-15H2,1-2H3,(H,30,32)/b23-13+. The van der Waals surface area contributed by atoms with Crippen LogP contribution in [0, 0.1) is 13.8 Å². The van der Waals surface area contributed by atoms with Gasteiger partial charge in [-0.05, 0) is 82.5 Å². The van der Waals surface area contributed by atoms with Gasteiger partial charge in [-0.3, -0.25) is 19.3 Å². The maximum atomic E-state index is 12.9. The molecule has 0 spiro atoms. The number of amides is 3. The van der Waals surface area contributed by atoms with Gasteiger partial charge in [-0.2, -0.15) is 0 Å². The minimum Gasteiger partial charge on any atom is -0.488 e. The summed E-state index contributed by atoms with van der Waals surface area (Å²) in [6.07, 6.45) is 1.62. The molecule has 0 unspecified atom stereocenters. The third-order valence-electron chi connectivity index (χ3n) is 5.52. The topological polar surface area (TPSA) is 75.7 Å². The number of nitrogens with zero attached hydrogens (tertiary/aromatic N) is 1. The van der Waals surface area contributed by atoms with E-state index in [9.17, 15) is 14.4 Å². The second-order valence-electron chi connectivity index (χ2n) is 8.15. The van der Waals surface area contributed by atoms with E-state index < -0.39 is 17.1 Å². The Bertz CT molecular complexity index is 1370. The first-order chi connectivity index (χ1) is 17.2. The summed E-state index contributed by atoms with van der Waals surface area (Å²) in [5.41, 5.74) is 4.07. The van der Waals surface area contributed by atoms with E-state index >= 15 is 0 Å². The smallest absolute Gasteiger partial charge is 0.294 e. The second-order valence-corrected chi connectivity index (χ2v) is 10.4. The van der Waals surface area contributed by atoms with Crippen LogP contribution in [0.4, 0.5) is 10.5 Å². The van der Waals surface area contributed by atoms with Crippen molar-refractivity contribution >= 4 is 68.1 Å². The molecule has 4 rings (SSSR count). The van der Waals surface area contributed by atoms with Crippen LogP contribution in [0.1, 0.15) is 22.3 Å². The van der Waals surface area contributed by atoms with E-state index in [0.717, 1.165) is 33.4 Å². The number of rotatable bonds is 7. The average molecular weight is 586 g/mol. The molecular formula is C27H22BrClN2O4S. The number of ether oxygens (including phenoxy) is 1. The first-order valence-corrected chi connectivity index (χ1v) is 13.0. The van der Waals surface area contributed by atoms with Gasteiger partial charge in [-0.15, -0.1) is 0 Å². The number of para-hydroxylation sites is 1. The van der Waals surface area contributed by atoms with Crippen LogP contribution in [-0.2, 0) is 16.2 Å².